The maximum absolute atomic E-state index is 6.11. The van der Waals surface area contributed by atoms with E-state index < -0.39 is 0 Å². The van der Waals surface area contributed by atoms with E-state index in [0.717, 1.165) is 37.0 Å². The van der Waals surface area contributed by atoms with E-state index in [9.17, 15) is 0 Å². The lowest BCUT2D eigenvalue weighted by molar-refractivity contribution is 0.376. The zero-order chi connectivity index (χ0) is 13.4. The van der Waals surface area contributed by atoms with Gasteiger partial charge in [0.1, 0.15) is 5.69 Å². The van der Waals surface area contributed by atoms with E-state index in [2.05, 4.69) is 32.0 Å². The summed E-state index contributed by atoms with van der Waals surface area (Å²) in [6.07, 6.45) is 4.60. The first kappa shape index (κ1) is 12.2. The molecule has 0 radical (unpaired) electrons. The average Bonchev–Trinajstić information content (AvgIpc) is 3.01. The molecule has 3 rings (SSSR count). The Morgan fingerprint density at radius 2 is 2.32 bits per heavy atom. The van der Waals surface area contributed by atoms with Gasteiger partial charge in [-0.15, -0.1) is 5.10 Å². The molecular formula is C12H19N7. The second-order valence-electron chi connectivity index (χ2n) is 5.25. The van der Waals surface area contributed by atoms with Crippen LogP contribution < -0.4 is 10.6 Å². The Morgan fingerprint density at radius 3 is 3.00 bits per heavy atom. The van der Waals surface area contributed by atoms with Crippen molar-refractivity contribution in [2.75, 3.05) is 18.0 Å². The van der Waals surface area contributed by atoms with Gasteiger partial charge in [0.25, 0.3) is 0 Å². The Bertz CT molecular complexity index is 558. The fraction of sp³-hybridized carbons (Fsp3) is 0.583. The number of nitrogens with zero attached hydrogens (tertiary/aromatic N) is 5. The fourth-order valence-corrected chi connectivity index (χ4v) is 2.38. The molecule has 0 amide bonds. The van der Waals surface area contributed by atoms with Gasteiger partial charge >= 0.3 is 0 Å². The molecule has 2 aromatic rings. The molecule has 0 aromatic carbocycles. The van der Waals surface area contributed by atoms with Crippen LogP contribution in [0.2, 0.25) is 0 Å². The summed E-state index contributed by atoms with van der Waals surface area (Å²) in [6.45, 7) is 3.96. The normalized spacial score (nSPS) is 23.8. The average molecular weight is 261 g/mol. The second kappa shape index (κ2) is 4.65. The SMILES string of the molecule is CC1CCN(c2n[nH]c(-c3cncn3C)n2)CC1N. The van der Waals surface area contributed by atoms with Gasteiger partial charge < -0.3 is 15.2 Å². The van der Waals surface area contributed by atoms with Crippen LogP contribution >= 0.6 is 0 Å². The summed E-state index contributed by atoms with van der Waals surface area (Å²) in [5, 5.41) is 7.26. The molecule has 0 saturated carbocycles. The summed E-state index contributed by atoms with van der Waals surface area (Å²) in [5.41, 5.74) is 7.03. The fourth-order valence-electron chi connectivity index (χ4n) is 2.38. The third kappa shape index (κ3) is 2.21. The minimum Gasteiger partial charge on any atom is -0.338 e. The zero-order valence-corrected chi connectivity index (χ0v) is 11.2. The monoisotopic (exact) mass is 261 g/mol. The first-order chi connectivity index (χ1) is 9.15. The molecule has 0 spiro atoms. The minimum atomic E-state index is 0.187. The van der Waals surface area contributed by atoms with Crippen molar-refractivity contribution in [2.24, 2.45) is 18.7 Å². The zero-order valence-electron chi connectivity index (χ0n) is 11.2. The highest BCUT2D eigenvalue weighted by atomic mass is 15.4. The Labute approximate surface area is 111 Å². The summed E-state index contributed by atoms with van der Waals surface area (Å²) in [7, 11) is 1.93. The smallest absolute Gasteiger partial charge is 0.245 e. The summed E-state index contributed by atoms with van der Waals surface area (Å²) in [4.78, 5) is 10.8. The van der Waals surface area contributed by atoms with Crippen LogP contribution in [-0.4, -0.2) is 43.9 Å². The number of nitrogens with two attached hydrogens (primary N) is 1. The third-order valence-corrected chi connectivity index (χ3v) is 3.83. The quantitative estimate of drug-likeness (QED) is 0.815. The molecule has 2 unspecified atom stereocenters. The number of imidazole rings is 1. The van der Waals surface area contributed by atoms with Crippen molar-refractivity contribution >= 4 is 5.95 Å². The van der Waals surface area contributed by atoms with E-state index in [1.54, 1.807) is 12.5 Å². The first-order valence-electron chi connectivity index (χ1n) is 6.55. The molecule has 7 nitrogen and oxygen atoms in total. The molecular weight excluding hydrogens is 242 g/mol. The predicted octanol–water partition coefficient (Wildman–Crippen LogP) is 0.379. The summed E-state index contributed by atoms with van der Waals surface area (Å²) < 4.78 is 1.91. The van der Waals surface area contributed by atoms with Gasteiger partial charge in [-0.3, -0.25) is 5.10 Å². The number of rotatable bonds is 2. The van der Waals surface area contributed by atoms with Crippen LogP contribution in [0.3, 0.4) is 0 Å². The van der Waals surface area contributed by atoms with Crippen LogP contribution in [0.1, 0.15) is 13.3 Å². The molecule has 1 aliphatic rings. The number of H-pyrrole nitrogens is 1. The first-order valence-corrected chi connectivity index (χ1v) is 6.55. The highest BCUT2D eigenvalue weighted by Gasteiger charge is 2.25. The van der Waals surface area contributed by atoms with Crippen molar-refractivity contribution in [1.82, 2.24) is 24.7 Å². The summed E-state index contributed by atoms with van der Waals surface area (Å²) in [6, 6.07) is 0.187. The highest BCUT2D eigenvalue weighted by molar-refractivity contribution is 5.50. The maximum atomic E-state index is 6.11. The van der Waals surface area contributed by atoms with Gasteiger partial charge in [-0.2, -0.15) is 4.98 Å². The van der Waals surface area contributed by atoms with Gasteiger partial charge in [-0.1, -0.05) is 6.92 Å². The van der Waals surface area contributed by atoms with Crippen LogP contribution in [0.15, 0.2) is 12.5 Å². The lowest BCUT2D eigenvalue weighted by Crippen LogP contribution is -2.48. The van der Waals surface area contributed by atoms with Gasteiger partial charge in [0.2, 0.25) is 5.95 Å². The van der Waals surface area contributed by atoms with Gasteiger partial charge in [0.15, 0.2) is 5.82 Å². The van der Waals surface area contributed by atoms with Crippen molar-refractivity contribution in [1.29, 1.82) is 0 Å². The van der Waals surface area contributed by atoms with E-state index in [1.165, 1.54) is 0 Å². The van der Waals surface area contributed by atoms with E-state index in [0.29, 0.717) is 5.92 Å². The summed E-state index contributed by atoms with van der Waals surface area (Å²) in [5.74, 6) is 2.02. The molecule has 1 saturated heterocycles. The Hall–Kier alpha value is -1.89. The predicted molar refractivity (Wildman–Crippen MR) is 72.6 cm³/mol. The molecule has 0 aliphatic carbocycles. The minimum absolute atomic E-state index is 0.187. The number of anilines is 1. The number of hydrogen-bond acceptors (Lipinski definition) is 5. The number of nitrogens with one attached hydrogen (secondary N) is 1. The van der Waals surface area contributed by atoms with Crippen LogP contribution in [0, 0.1) is 5.92 Å². The Balaban J connectivity index is 1.80. The molecule has 102 valence electrons. The maximum Gasteiger partial charge on any atom is 0.245 e. The molecule has 3 N–H and O–H groups in total. The third-order valence-electron chi connectivity index (χ3n) is 3.83. The van der Waals surface area contributed by atoms with E-state index in [1.807, 2.05) is 11.6 Å². The Kier molecular flexibility index (Phi) is 2.98. The largest absolute Gasteiger partial charge is 0.338 e. The van der Waals surface area contributed by atoms with Crippen LogP contribution in [-0.2, 0) is 7.05 Å². The Morgan fingerprint density at radius 1 is 1.47 bits per heavy atom. The van der Waals surface area contributed by atoms with E-state index in [4.69, 9.17) is 5.73 Å². The van der Waals surface area contributed by atoms with E-state index in [-0.39, 0.29) is 6.04 Å². The van der Waals surface area contributed by atoms with Crippen molar-refractivity contribution in [2.45, 2.75) is 19.4 Å². The van der Waals surface area contributed by atoms with Gasteiger partial charge in [-0.25, -0.2) is 4.98 Å². The molecule has 0 bridgehead atoms. The molecule has 2 atom stereocenters. The number of piperidine rings is 1. The molecule has 2 aromatic heterocycles. The van der Waals surface area contributed by atoms with Gasteiger partial charge in [-0.05, 0) is 12.3 Å². The highest BCUT2D eigenvalue weighted by Crippen LogP contribution is 2.21. The van der Waals surface area contributed by atoms with Crippen molar-refractivity contribution in [3.8, 4) is 11.5 Å². The number of aromatic nitrogens is 5. The number of hydrogen-bond donors (Lipinski definition) is 2. The standard InChI is InChI=1S/C12H19N7/c1-8-3-4-19(6-9(8)13)12-15-11(16-17-12)10-5-14-7-18(10)2/h5,7-9H,3-4,6,13H2,1-2H3,(H,15,16,17). The molecule has 1 fully saturated rings. The van der Waals surface area contributed by atoms with Gasteiger partial charge in [0, 0.05) is 26.2 Å². The summed E-state index contributed by atoms with van der Waals surface area (Å²) >= 11 is 0. The lowest BCUT2D eigenvalue weighted by atomic mass is 9.95. The molecule has 3 heterocycles. The number of aryl methyl sites for hydroxylation is 1. The van der Waals surface area contributed by atoms with Crippen LogP contribution in [0.25, 0.3) is 11.5 Å². The van der Waals surface area contributed by atoms with Crippen molar-refractivity contribution < 1.29 is 0 Å². The van der Waals surface area contributed by atoms with Crippen LogP contribution in [0.5, 0.6) is 0 Å². The molecule has 7 heteroatoms. The van der Waals surface area contributed by atoms with Crippen molar-refractivity contribution in [3.05, 3.63) is 12.5 Å². The van der Waals surface area contributed by atoms with E-state index >= 15 is 0 Å². The topological polar surface area (TPSA) is 88.7 Å². The van der Waals surface area contributed by atoms with Crippen LogP contribution in [0.4, 0.5) is 5.95 Å². The molecule has 19 heavy (non-hydrogen) atoms. The van der Waals surface area contributed by atoms with Crippen molar-refractivity contribution in [3.63, 3.8) is 0 Å². The second-order valence-corrected chi connectivity index (χ2v) is 5.25. The molecule has 1 aliphatic heterocycles. The van der Waals surface area contributed by atoms with Gasteiger partial charge in [0.05, 0.1) is 12.5 Å². The lowest BCUT2D eigenvalue weighted by Gasteiger charge is -2.34. The number of aromatic amines is 1.